The molecule has 0 radical (unpaired) electrons. The summed E-state index contributed by atoms with van der Waals surface area (Å²) in [5.41, 5.74) is 0.00399. The summed E-state index contributed by atoms with van der Waals surface area (Å²) in [6, 6.07) is 0.776. The maximum atomic E-state index is 13.0. The molecule has 8 nitrogen and oxygen atoms in total. The van der Waals surface area contributed by atoms with Crippen LogP contribution < -0.4 is 5.32 Å². The average molecular weight is 393 g/mol. The van der Waals surface area contributed by atoms with Gasteiger partial charge in [0.15, 0.2) is 5.76 Å². The fourth-order valence-corrected chi connectivity index (χ4v) is 2.62. The molecular formula is C16H22F3N3O5. The number of hydrogen-bond acceptors (Lipinski definition) is 5. The molecule has 2 heterocycles. The molecule has 0 aliphatic carbocycles. The lowest BCUT2D eigenvalue weighted by atomic mass is 9.96. The van der Waals surface area contributed by atoms with E-state index in [-0.39, 0.29) is 18.8 Å². The third-order valence-corrected chi connectivity index (χ3v) is 4.02. The van der Waals surface area contributed by atoms with Gasteiger partial charge < -0.3 is 24.6 Å². The van der Waals surface area contributed by atoms with E-state index >= 15 is 0 Å². The highest BCUT2D eigenvalue weighted by atomic mass is 19.4. The van der Waals surface area contributed by atoms with Gasteiger partial charge in [-0.1, -0.05) is 5.16 Å². The Hall–Kier alpha value is -2.30. The van der Waals surface area contributed by atoms with E-state index in [1.165, 1.54) is 0 Å². The van der Waals surface area contributed by atoms with Crippen molar-refractivity contribution in [1.29, 1.82) is 0 Å². The second-order valence-corrected chi connectivity index (χ2v) is 7.34. The van der Waals surface area contributed by atoms with Gasteiger partial charge in [-0.25, -0.2) is 4.79 Å². The Balaban J connectivity index is 1.89. The third-order valence-electron chi connectivity index (χ3n) is 4.02. The Morgan fingerprint density at radius 2 is 2.04 bits per heavy atom. The molecule has 2 amide bonds. The highest BCUT2D eigenvalue weighted by Crippen LogP contribution is 2.37. The Bertz CT molecular complexity index is 684. The second-order valence-electron chi connectivity index (χ2n) is 7.34. The number of alkyl halides is 3. The summed E-state index contributed by atoms with van der Waals surface area (Å²) in [4.78, 5) is 24.0. The van der Waals surface area contributed by atoms with Crippen molar-refractivity contribution in [2.75, 3.05) is 13.1 Å². The quantitative estimate of drug-likeness (QED) is 0.796. The Kier molecular flexibility index (Phi) is 6.03. The van der Waals surface area contributed by atoms with Crippen molar-refractivity contribution in [2.24, 2.45) is 11.8 Å². The highest BCUT2D eigenvalue weighted by Gasteiger charge is 2.53. The first-order valence-corrected chi connectivity index (χ1v) is 8.27. The van der Waals surface area contributed by atoms with Crippen LogP contribution in [0, 0.1) is 11.8 Å². The number of amides is 2. The van der Waals surface area contributed by atoms with Gasteiger partial charge in [0.1, 0.15) is 12.3 Å². The maximum Gasteiger partial charge on any atom is 0.394 e. The van der Waals surface area contributed by atoms with E-state index in [4.69, 9.17) is 14.4 Å². The molecule has 1 aliphatic rings. The monoisotopic (exact) mass is 393 g/mol. The average Bonchev–Trinajstić information content (AvgIpc) is 3.16. The standard InChI is InChI=1S/C16H22F3N3O5/c1-15(2,3)26-8-10-4-9(21-27-10)5-20-14(25)22-6-11(13(23)24)12(7-22)16(17,18)19/h4,11-12H,5-8H2,1-3H3,(H,20,25)(H,23,24)/t11-,12-/m1/s1. The van der Waals surface area contributed by atoms with Crippen LogP contribution in [0.4, 0.5) is 18.0 Å². The molecule has 0 saturated carbocycles. The van der Waals surface area contributed by atoms with Gasteiger partial charge in [-0.15, -0.1) is 0 Å². The van der Waals surface area contributed by atoms with Crippen molar-refractivity contribution >= 4 is 12.0 Å². The number of urea groups is 1. The summed E-state index contributed by atoms with van der Waals surface area (Å²) in [5.74, 6) is -4.90. The van der Waals surface area contributed by atoms with Crippen LogP contribution in [0.25, 0.3) is 0 Å². The lowest BCUT2D eigenvalue weighted by Gasteiger charge is -2.18. The van der Waals surface area contributed by atoms with Crippen molar-refractivity contribution < 1.29 is 37.1 Å². The number of nitrogens with one attached hydrogen (secondary N) is 1. The first kappa shape index (κ1) is 21.0. The molecule has 2 N–H and O–H groups in total. The van der Waals surface area contributed by atoms with Gasteiger partial charge in [0.25, 0.3) is 0 Å². The van der Waals surface area contributed by atoms with Crippen LogP contribution in [-0.2, 0) is 22.7 Å². The zero-order valence-electron chi connectivity index (χ0n) is 15.2. The minimum absolute atomic E-state index is 0.0667. The Labute approximate surface area is 153 Å². The Morgan fingerprint density at radius 1 is 1.37 bits per heavy atom. The number of ether oxygens (including phenoxy) is 1. The summed E-state index contributed by atoms with van der Waals surface area (Å²) in [6.07, 6.45) is -4.69. The molecule has 1 aromatic rings. The van der Waals surface area contributed by atoms with E-state index in [0.29, 0.717) is 11.5 Å². The number of carbonyl (C=O) groups is 2. The lowest BCUT2D eigenvalue weighted by Crippen LogP contribution is -2.39. The third kappa shape index (κ3) is 5.84. The van der Waals surface area contributed by atoms with Crippen molar-refractivity contribution in [3.8, 4) is 0 Å². The SMILES string of the molecule is CC(C)(C)OCc1cc(CNC(=O)N2C[C@@H](C(F)(F)F)[C@H](C(=O)O)C2)no1. The molecule has 0 unspecified atom stereocenters. The molecule has 0 spiro atoms. The first-order valence-electron chi connectivity index (χ1n) is 8.27. The topological polar surface area (TPSA) is 105 Å². The highest BCUT2D eigenvalue weighted by molar-refractivity contribution is 5.77. The second kappa shape index (κ2) is 7.75. The minimum Gasteiger partial charge on any atom is -0.481 e. The van der Waals surface area contributed by atoms with Crippen molar-refractivity contribution in [3.63, 3.8) is 0 Å². The van der Waals surface area contributed by atoms with E-state index in [1.54, 1.807) is 6.07 Å². The molecule has 1 aliphatic heterocycles. The molecule has 2 rings (SSSR count). The molecule has 152 valence electrons. The minimum atomic E-state index is -4.69. The zero-order valence-corrected chi connectivity index (χ0v) is 15.2. The van der Waals surface area contributed by atoms with Gasteiger partial charge in [0.2, 0.25) is 0 Å². The number of rotatable bonds is 5. The number of likely N-dealkylation sites (tertiary alicyclic amines) is 1. The van der Waals surface area contributed by atoms with Crippen LogP contribution >= 0.6 is 0 Å². The number of carboxylic acids is 1. The van der Waals surface area contributed by atoms with Crippen LogP contribution in [0.1, 0.15) is 32.2 Å². The Morgan fingerprint density at radius 3 is 2.56 bits per heavy atom. The van der Waals surface area contributed by atoms with Crippen LogP contribution in [-0.4, -0.2) is 52.0 Å². The van der Waals surface area contributed by atoms with Gasteiger partial charge in [0.05, 0.1) is 24.0 Å². The van der Waals surface area contributed by atoms with Crippen LogP contribution in [0.2, 0.25) is 0 Å². The van der Waals surface area contributed by atoms with Crippen LogP contribution in [0.15, 0.2) is 10.6 Å². The number of nitrogens with zero attached hydrogens (tertiary/aromatic N) is 2. The smallest absolute Gasteiger partial charge is 0.394 e. The molecule has 27 heavy (non-hydrogen) atoms. The number of carboxylic acid groups (broad SMARTS) is 1. The fraction of sp³-hybridized carbons (Fsp3) is 0.688. The molecule has 1 aromatic heterocycles. The maximum absolute atomic E-state index is 13.0. The van der Waals surface area contributed by atoms with Crippen molar-refractivity contribution in [1.82, 2.24) is 15.4 Å². The van der Waals surface area contributed by atoms with Gasteiger partial charge in [-0.3, -0.25) is 4.79 Å². The van der Waals surface area contributed by atoms with Crippen molar-refractivity contribution in [3.05, 3.63) is 17.5 Å². The molecule has 1 saturated heterocycles. The van der Waals surface area contributed by atoms with Crippen LogP contribution in [0.5, 0.6) is 0 Å². The normalized spacial score (nSPS) is 20.7. The van der Waals surface area contributed by atoms with E-state index in [9.17, 15) is 22.8 Å². The van der Waals surface area contributed by atoms with E-state index in [0.717, 1.165) is 4.90 Å². The largest absolute Gasteiger partial charge is 0.481 e. The lowest BCUT2D eigenvalue weighted by molar-refractivity contribution is -0.187. The molecule has 0 aromatic carbocycles. The number of hydrogen-bond donors (Lipinski definition) is 2. The number of carbonyl (C=O) groups excluding carboxylic acids is 1. The van der Waals surface area contributed by atoms with E-state index in [1.807, 2.05) is 20.8 Å². The molecule has 2 atom stereocenters. The van der Waals surface area contributed by atoms with Crippen LogP contribution in [0.3, 0.4) is 0 Å². The summed E-state index contributed by atoms with van der Waals surface area (Å²) < 4.78 is 49.5. The van der Waals surface area contributed by atoms with E-state index < -0.39 is 43.1 Å². The predicted molar refractivity (Wildman–Crippen MR) is 85.5 cm³/mol. The summed E-state index contributed by atoms with van der Waals surface area (Å²) in [7, 11) is 0. The number of aliphatic carboxylic acids is 1. The van der Waals surface area contributed by atoms with Gasteiger partial charge in [0, 0.05) is 19.2 Å². The zero-order chi connectivity index (χ0) is 20.4. The number of aromatic nitrogens is 1. The first-order chi connectivity index (χ1) is 12.4. The predicted octanol–water partition coefficient (Wildman–Crippen LogP) is 2.39. The molecule has 1 fully saturated rings. The van der Waals surface area contributed by atoms with Gasteiger partial charge >= 0.3 is 18.2 Å². The summed E-state index contributed by atoms with van der Waals surface area (Å²) >= 11 is 0. The summed E-state index contributed by atoms with van der Waals surface area (Å²) in [6.45, 7) is 4.54. The molecular weight excluding hydrogens is 371 g/mol. The molecule has 11 heteroatoms. The fourth-order valence-electron chi connectivity index (χ4n) is 2.62. The summed E-state index contributed by atoms with van der Waals surface area (Å²) in [5, 5.41) is 15.1. The van der Waals surface area contributed by atoms with Gasteiger partial charge in [-0.2, -0.15) is 13.2 Å². The van der Waals surface area contributed by atoms with Gasteiger partial charge in [-0.05, 0) is 20.8 Å². The molecule has 0 bridgehead atoms. The number of halogens is 3. The van der Waals surface area contributed by atoms with E-state index in [2.05, 4.69) is 10.5 Å². The van der Waals surface area contributed by atoms with Crippen molar-refractivity contribution in [2.45, 2.75) is 45.7 Å².